The number of esters is 1. The van der Waals surface area contributed by atoms with Gasteiger partial charge in [-0.2, -0.15) is 0 Å². The smallest absolute Gasteiger partial charge is 0.338 e. The van der Waals surface area contributed by atoms with Gasteiger partial charge in [-0.05, 0) is 24.3 Å². The van der Waals surface area contributed by atoms with Crippen molar-refractivity contribution in [2.45, 2.75) is 38.5 Å². The lowest BCUT2D eigenvalue weighted by Crippen LogP contribution is -2.09. The molecule has 1 fully saturated rings. The summed E-state index contributed by atoms with van der Waals surface area (Å²) in [5.74, 6) is -1.63. The molecule has 1 aliphatic rings. The third kappa shape index (κ3) is 6.90. The summed E-state index contributed by atoms with van der Waals surface area (Å²) in [6, 6.07) is 5.36. The van der Waals surface area contributed by atoms with E-state index in [0.29, 0.717) is 0 Å². The molecule has 116 valence electrons. The van der Waals surface area contributed by atoms with Gasteiger partial charge in [0.05, 0.1) is 17.7 Å². The van der Waals surface area contributed by atoms with Crippen LogP contribution in [0.1, 0.15) is 59.2 Å². The van der Waals surface area contributed by atoms with Crippen LogP contribution in [0.5, 0.6) is 0 Å². The predicted octanol–water partition coefficient (Wildman–Crippen LogP) is 2.87. The minimum atomic E-state index is -1.05. The van der Waals surface area contributed by atoms with Crippen LogP contribution in [0.15, 0.2) is 24.3 Å². The van der Waals surface area contributed by atoms with Gasteiger partial charge in [0.25, 0.3) is 0 Å². The summed E-state index contributed by atoms with van der Waals surface area (Å²) < 4.78 is 4.64. The van der Waals surface area contributed by atoms with Crippen LogP contribution in [0.3, 0.4) is 0 Å². The van der Waals surface area contributed by atoms with E-state index in [1.807, 2.05) is 0 Å². The highest BCUT2D eigenvalue weighted by molar-refractivity contribution is 5.92. The number of aromatic carboxylic acids is 1. The number of aliphatic hydroxyl groups is 1. The van der Waals surface area contributed by atoms with Crippen molar-refractivity contribution in [2.24, 2.45) is 0 Å². The minimum Gasteiger partial charge on any atom is -0.478 e. The van der Waals surface area contributed by atoms with Crippen molar-refractivity contribution in [3.63, 3.8) is 0 Å². The van der Waals surface area contributed by atoms with Crippen LogP contribution in [0.25, 0.3) is 0 Å². The Bertz CT molecular complexity index is 423. The molecule has 0 spiro atoms. The average Bonchev–Trinajstić information content (AvgIpc) is 2.55. The fraction of sp³-hybridized carbons (Fsp3) is 0.500. The van der Waals surface area contributed by atoms with E-state index in [0.717, 1.165) is 0 Å². The van der Waals surface area contributed by atoms with Crippen LogP contribution in [-0.2, 0) is 4.74 Å². The number of aliphatic hydroxyl groups excluding tert-OH is 1. The van der Waals surface area contributed by atoms with Gasteiger partial charge in [-0.15, -0.1) is 0 Å². The highest BCUT2D eigenvalue weighted by Gasteiger charge is 2.08. The van der Waals surface area contributed by atoms with Gasteiger partial charge in [0.2, 0.25) is 0 Å². The second-order valence-corrected chi connectivity index (χ2v) is 4.86. The van der Waals surface area contributed by atoms with Crippen molar-refractivity contribution in [1.29, 1.82) is 0 Å². The van der Waals surface area contributed by atoms with E-state index >= 15 is 0 Å². The van der Waals surface area contributed by atoms with E-state index in [1.54, 1.807) is 0 Å². The Morgan fingerprint density at radius 1 is 0.905 bits per heavy atom. The van der Waals surface area contributed by atoms with Gasteiger partial charge in [0.1, 0.15) is 6.61 Å². The third-order valence-electron chi connectivity index (χ3n) is 3.19. The van der Waals surface area contributed by atoms with Crippen molar-refractivity contribution in [3.05, 3.63) is 35.4 Å². The number of carboxylic acids is 1. The van der Waals surface area contributed by atoms with E-state index < -0.39 is 11.9 Å². The fourth-order valence-corrected chi connectivity index (χ4v) is 2.03. The second kappa shape index (κ2) is 9.94. The number of benzene rings is 1. The Hall–Kier alpha value is -1.88. The second-order valence-electron chi connectivity index (χ2n) is 4.86. The Labute approximate surface area is 124 Å². The zero-order chi connectivity index (χ0) is 15.5. The molecule has 0 radical (unpaired) electrons. The molecule has 1 aromatic rings. The number of carboxylic acid groups (broad SMARTS) is 1. The molecule has 2 N–H and O–H groups in total. The molecule has 2 rings (SSSR count). The first-order chi connectivity index (χ1) is 10.1. The zero-order valence-electron chi connectivity index (χ0n) is 12.1. The summed E-state index contributed by atoms with van der Waals surface area (Å²) in [7, 11) is 0. The average molecular weight is 294 g/mol. The first-order valence-corrected chi connectivity index (χ1v) is 7.26. The Morgan fingerprint density at radius 3 is 1.71 bits per heavy atom. The number of hydrogen-bond donors (Lipinski definition) is 2. The summed E-state index contributed by atoms with van der Waals surface area (Å²) in [5, 5.41) is 17.0. The van der Waals surface area contributed by atoms with Crippen LogP contribution >= 0.6 is 0 Å². The van der Waals surface area contributed by atoms with Crippen LogP contribution in [-0.4, -0.2) is 35.4 Å². The van der Waals surface area contributed by atoms with Gasteiger partial charge in [0.15, 0.2) is 0 Å². The first-order valence-electron chi connectivity index (χ1n) is 7.26. The molecule has 5 nitrogen and oxygen atoms in total. The Balaban J connectivity index is 0.000000304. The summed E-state index contributed by atoms with van der Waals surface area (Å²) >= 11 is 0. The van der Waals surface area contributed by atoms with Crippen molar-refractivity contribution in [1.82, 2.24) is 0 Å². The minimum absolute atomic E-state index is 0.0699. The maximum atomic E-state index is 11.2. The van der Waals surface area contributed by atoms with Crippen LogP contribution < -0.4 is 0 Å². The number of rotatable bonds is 4. The lowest BCUT2D eigenvalue weighted by Gasteiger charge is -2.05. The maximum Gasteiger partial charge on any atom is 0.338 e. The van der Waals surface area contributed by atoms with E-state index in [-0.39, 0.29) is 24.3 Å². The molecule has 0 bridgehead atoms. The van der Waals surface area contributed by atoms with Crippen LogP contribution in [0.2, 0.25) is 0 Å². The molecule has 0 atom stereocenters. The number of hydrogen-bond acceptors (Lipinski definition) is 4. The lowest BCUT2D eigenvalue weighted by molar-refractivity contribution is 0.0433. The standard InChI is InChI=1S/C10H10O5.C6H12/c11-5-6-15-10(14)8-3-1-7(2-4-8)9(12)13;1-2-4-6-5-3-1/h1-4,11H,5-6H2,(H,12,13);1-6H2. The highest BCUT2D eigenvalue weighted by Crippen LogP contribution is 2.15. The molecular weight excluding hydrogens is 272 g/mol. The van der Waals surface area contributed by atoms with E-state index in [9.17, 15) is 9.59 Å². The molecule has 5 heteroatoms. The van der Waals surface area contributed by atoms with Gasteiger partial charge in [-0.1, -0.05) is 38.5 Å². The molecule has 1 saturated carbocycles. The normalized spacial score (nSPS) is 13.8. The largest absolute Gasteiger partial charge is 0.478 e. The lowest BCUT2D eigenvalue weighted by atomic mass is 10.0. The Kier molecular flexibility index (Phi) is 8.12. The van der Waals surface area contributed by atoms with Gasteiger partial charge in [-0.3, -0.25) is 0 Å². The quantitative estimate of drug-likeness (QED) is 0.834. The summed E-state index contributed by atoms with van der Waals surface area (Å²) in [4.78, 5) is 21.7. The van der Waals surface area contributed by atoms with Crippen molar-refractivity contribution in [2.75, 3.05) is 13.2 Å². The third-order valence-corrected chi connectivity index (χ3v) is 3.19. The Morgan fingerprint density at radius 2 is 1.33 bits per heavy atom. The van der Waals surface area contributed by atoms with Crippen LogP contribution in [0.4, 0.5) is 0 Å². The molecule has 0 aromatic heterocycles. The molecular formula is C16H22O5. The van der Waals surface area contributed by atoms with Crippen LogP contribution in [0, 0.1) is 0 Å². The van der Waals surface area contributed by atoms with E-state index in [2.05, 4.69) is 4.74 Å². The van der Waals surface area contributed by atoms with E-state index in [4.69, 9.17) is 10.2 Å². The molecule has 0 unspecified atom stereocenters. The molecule has 0 amide bonds. The number of ether oxygens (including phenoxy) is 1. The van der Waals surface area contributed by atoms with Gasteiger partial charge < -0.3 is 14.9 Å². The molecule has 21 heavy (non-hydrogen) atoms. The molecule has 1 aliphatic carbocycles. The summed E-state index contributed by atoms with van der Waals surface area (Å²) in [6.45, 7) is -0.307. The van der Waals surface area contributed by atoms with Gasteiger partial charge >= 0.3 is 11.9 Å². The monoisotopic (exact) mass is 294 g/mol. The summed E-state index contributed by atoms with van der Waals surface area (Å²) in [6.07, 6.45) is 9.00. The van der Waals surface area contributed by atoms with Crippen molar-refractivity contribution < 1.29 is 24.5 Å². The predicted molar refractivity (Wildman–Crippen MR) is 78.5 cm³/mol. The fourth-order valence-electron chi connectivity index (χ4n) is 2.03. The van der Waals surface area contributed by atoms with Gasteiger partial charge in [0, 0.05) is 0 Å². The topological polar surface area (TPSA) is 83.8 Å². The number of carbonyl (C=O) groups excluding carboxylic acids is 1. The van der Waals surface area contributed by atoms with Crippen molar-refractivity contribution >= 4 is 11.9 Å². The van der Waals surface area contributed by atoms with Gasteiger partial charge in [-0.25, -0.2) is 9.59 Å². The molecule has 0 aliphatic heterocycles. The first kappa shape index (κ1) is 17.2. The van der Waals surface area contributed by atoms with Crippen molar-refractivity contribution in [3.8, 4) is 0 Å². The summed E-state index contributed by atoms with van der Waals surface area (Å²) in [5.41, 5.74) is 0.363. The molecule has 0 heterocycles. The number of carbonyl (C=O) groups is 2. The van der Waals surface area contributed by atoms with E-state index in [1.165, 1.54) is 62.8 Å². The maximum absolute atomic E-state index is 11.2. The molecule has 1 aromatic carbocycles. The SMILES string of the molecule is C1CCCCC1.O=C(O)c1ccc(C(=O)OCCO)cc1. The highest BCUT2D eigenvalue weighted by atomic mass is 16.5. The molecule has 0 saturated heterocycles. The zero-order valence-corrected chi connectivity index (χ0v) is 12.1.